The Morgan fingerprint density at radius 1 is 1.50 bits per heavy atom. The molecule has 10 heavy (non-hydrogen) atoms. The van der Waals surface area contributed by atoms with E-state index in [1.54, 1.807) is 0 Å². The van der Waals surface area contributed by atoms with E-state index in [-0.39, 0.29) is 0 Å². The third kappa shape index (κ3) is 2.49. The highest BCUT2D eigenvalue weighted by atomic mass is 32.2. The van der Waals surface area contributed by atoms with E-state index in [1.165, 1.54) is 12.3 Å². The van der Waals surface area contributed by atoms with Crippen LogP contribution in [-0.4, -0.2) is 11.8 Å². The number of halogens is 3. The van der Waals surface area contributed by atoms with E-state index in [9.17, 15) is 13.2 Å². The lowest BCUT2D eigenvalue weighted by atomic mass is 10.6. The molecule has 1 unspecified atom stereocenters. The van der Waals surface area contributed by atoms with Gasteiger partial charge in [0.25, 0.3) is 0 Å². The molecule has 0 N–H and O–H groups in total. The first kappa shape index (κ1) is 7.74. The van der Waals surface area contributed by atoms with Crippen molar-refractivity contribution in [3.63, 3.8) is 0 Å². The molecule has 0 bridgehead atoms. The van der Waals surface area contributed by atoms with Crippen LogP contribution in [0.15, 0.2) is 12.3 Å². The third-order valence-corrected chi connectivity index (χ3v) is 1.42. The first-order chi connectivity index (χ1) is 4.58. The second kappa shape index (κ2) is 2.71. The van der Waals surface area contributed by atoms with Crippen molar-refractivity contribution in [1.82, 2.24) is 4.72 Å². The molecule has 0 aliphatic carbocycles. The van der Waals surface area contributed by atoms with Gasteiger partial charge in [-0.3, -0.25) is 4.74 Å². The second-order valence-corrected chi connectivity index (χ2v) is 2.37. The Morgan fingerprint density at radius 2 is 2.20 bits per heavy atom. The summed E-state index contributed by atoms with van der Waals surface area (Å²) in [6, 6.07) is 0. The summed E-state index contributed by atoms with van der Waals surface area (Å²) in [5, 5.41) is 0. The Bertz CT molecular complexity index is 146. The summed E-state index contributed by atoms with van der Waals surface area (Å²) in [5.41, 5.74) is -1.00. The van der Waals surface area contributed by atoms with Crippen LogP contribution in [0.5, 0.6) is 0 Å². The normalized spacial score (nSPS) is 24.9. The fourth-order valence-electron chi connectivity index (χ4n) is 0.428. The van der Waals surface area contributed by atoms with Crippen LogP contribution < -0.4 is 4.72 Å². The summed E-state index contributed by atoms with van der Waals surface area (Å²) < 4.78 is 41.2. The van der Waals surface area contributed by atoms with Gasteiger partial charge in [0.15, 0.2) is 5.44 Å². The predicted molar refractivity (Wildman–Crippen MR) is 29.8 cm³/mol. The summed E-state index contributed by atoms with van der Waals surface area (Å²) in [6.45, 7) is 0. The number of hydrogen-bond donors (Lipinski definition) is 0. The second-order valence-electron chi connectivity index (χ2n) is 1.48. The molecule has 0 aromatic rings. The summed E-state index contributed by atoms with van der Waals surface area (Å²) >= 11 is 0.741. The van der Waals surface area contributed by atoms with Gasteiger partial charge in [0.05, 0.1) is 0 Å². The zero-order valence-corrected chi connectivity index (χ0v) is 5.45. The summed E-state index contributed by atoms with van der Waals surface area (Å²) in [5.74, 6) is 0. The van der Waals surface area contributed by atoms with Crippen molar-refractivity contribution >= 4 is 11.9 Å². The largest absolute Gasteiger partial charge is 0.523 e. The number of alkyl halides is 3. The first-order valence-corrected chi connectivity index (χ1v) is 3.19. The maximum absolute atomic E-state index is 11.4. The molecule has 0 fully saturated rings. The Labute approximate surface area is 59.6 Å². The molecule has 6 heteroatoms. The molecule has 1 aliphatic rings. The van der Waals surface area contributed by atoms with E-state index in [1.807, 2.05) is 0 Å². The van der Waals surface area contributed by atoms with Crippen molar-refractivity contribution in [3.8, 4) is 0 Å². The van der Waals surface area contributed by atoms with Crippen molar-refractivity contribution in [1.29, 1.82) is 0 Å². The van der Waals surface area contributed by atoms with Gasteiger partial charge in [-0.2, -0.15) is 0 Å². The topological polar surface area (TPSA) is 23.3 Å². The van der Waals surface area contributed by atoms with Crippen molar-refractivity contribution < 1.29 is 17.9 Å². The van der Waals surface area contributed by atoms with Crippen LogP contribution in [-0.2, 0) is 4.74 Å². The molecule has 0 amide bonds. The van der Waals surface area contributed by atoms with E-state index in [4.69, 9.17) is 0 Å². The molecule has 0 spiro atoms. The Balaban J connectivity index is 2.31. The molecule has 0 aromatic carbocycles. The highest BCUT2D eigenvalue weighted by molar-refractivity contribution is 7.98. The van der Waals surface area contributed by atoms with Gasteiger partial charge in [-0.05, 0) is 6.08 Å². The standard InChI is InChI=1S/C4H3F3NOS/c5-4(6,7)9-3-1-2-8-10-3/h1-3H. The van der Waals surface area contributed by atoms with Crippen molar-refractivity contribution in [3.05, 3.63) is 12.3 Å². The van der Waals surface area contributed by atoms with Crippen molar-refractivity contribution in [2.45, 2.75) is 11.8 Å². The fraction of sp³-hybridized carbons (Fsp3) is 0.500. The third-order valence-electron chi connectivity index (χ3n) is 0.719. The Morgan fingerprint density at radius 3 is 2.60 bits per heavy atom. The molecule has 0 saturated carbocycles. The Hall–Kier alpha value is -0.360. The summed E-state index contributed by atoms with van der Waals surface area (Å²) in [6.07, 6.45) is -2.05. The van der Waals surface area contributed by atoms with Crippen molar-refractivity contribution in [2.75, 3.05) is 0 Å². The minimum atomic E-state index is -4.57. The molecular weight excluding hydrogens is 167 g/mol. The maximum Gasteiger partial charge on any atom is 0.523 e. The van der Waals surface area contributed by atoms with Gasteiger partial charge >= 0.3 is 6.36 Å². The van der Waals surface area contributed by atoms with E-state index in [2.05, 4.69) is 9.46 Å². The molecule has 2 nitrogen and oxygen atoms in total. The van der Waals surface area contributed by atoms with Crippen LogP contribution in [0.25, 0.3) is 0 Å². The van der Waals surface area contributed by atoms with Gasteiger partial charge < -0.3 is 0 Å². The van der Waals surface area contributed by atoms with Gasteiger partial charge in [0.1, 0.15) is 0 Å². The lowest BCUT2D eigenvalue weighted by Crippen LogP contribution is -2.18. The van der Waals surface area contributed by atoms with E-state index >= 15 is 0 Å². The molecule has 57 valence electrons. The van der Waals surface area contributed by atoms with Crippen LogP contribution in [0.4, 0.5) is 13.2 Å². The number of nitrogens with zero attached hydrogens (tertiary/aromatic N) is 1. The Kier molecular flexibility index (Phi) is 2.10. The number of hydrogen-bond acceptors (Lipinski definition) is 2. The van der Waals surface area contributed by atoms with Gasteiger partial charge in [-0.15, -0.1) is 13.2 Å². The van der Waals surface area contributed by atoms with E-state index < -0.39 is 11.8 Å². The SMILES string of the molecule is FC(F)(F)OC1C=C[N]S1. The molecule has 1 radical (unpaired) electrons. The average molecular weight is 170 g/mol. The van der Waals surface area contributed by atoms with Crippen LogP contribution in [0.2, 0.25) is 0 Å². The average Bonchev–Trinajstić information content (AvgIpc) is 2.12. The zero-order chi connectivity index (χ0) is 7.61. The zero-order valence-electron chi connectivity index (χ0n) is 4.63. The van der Waals surface area contributed by atoms with Gasteiger partial charge in [-0.1, -0.05) is 0 Å². The monoisotopic (exact) mass is 170 g/mol. The minimum Gasteiger partial charge on any atom is -0.271 e. The molecule has 1 aliphatic heterocycles. The van der Waals surface area contributed by atoms with Crippen LogP contribution in [0, 0.1) is 0 Å². The fourth-order valence-corrected chi connectivity index (χ4v) is 0.981. The summed E-state index contributed by atoms with van der Waals surface area (Å²) in [7, 11) is 0. The molecule has 0 aromatic heterocycles. The molecular formula is C4H3F3NOS. The minimum absolute atomic E-state index is 0.741. The van der Waals surface area contributed by atoms with Gasteiger partial charge in [0, 0.05) is 18.1 Å². The van der Waals surface area contributed by atoms with Crippen LogP contribution in [0.3, 0.4) is 0 Å². The smallest absolute Gasteiger partial charge is 0.271 e. The van der Waals surface area contributed by atoms with Crippen molar-refractivity contribution in [2.24, 2.45) is 0 Å². The summed E-state index contributed by atoms with van der Waals surface area (Å²) in [4.78, 5) is 0. The maximum atomic E-state index is 11.4. The lowest BCUT2D eigenvalue weighted by molar-refractivity contribution is -0.325. The molecule has 1 atom stereocenters. The van der Waals surface area contributed by atoms with Crippen LogP contribution in [0.1, 0.15) is 0 Å². The predicted octanol–water partition coefficient (Wildman–Crippen LogP) is 1.63. The highest BCUT2D eigenvalue weighted by Gasteiger charge is 2.34. The molecule has 1 heterocycles. The molecule has 0 saturated heterocycles. The highest BCUT2D eigenvalue weighted by Crippen LogP contribution is 2.26. The number of rotatable bonds is 1. The quantitative estimate of drug-likeness (QED) is 0.558. The van der Waals surface area contributed by atoms with E-state index in [0.29, 0.717) is 0 Å². The first-order valence-electron chi connectivity index (χ1n) is 2.35. The van der Waals surface area contributed by atoms with Gasteiger partial charge in [-0.25, -0.2) is 4.72 Å². The van der Waals surface area contributed by atoms with Gasteiger partial charge in [0.2, 0.25) is 0 Å². The number of ether oxygens (including phenoxy) is 1. The van der Waals surface area contributed by atoms with Crippen LogP contribution >= 0.6 is 11.9 Å². The van der Waals surface area contributed by atoms with E-state index in [0.717, 1.165) is 11.9 Å². The molecule has 1 rings (SSSR count). The lowest BCUT2D eigenvalue weighted by Gasteiger charge is -2.09.